The molecule has 6 heteroatoms. The van der Waals surface area contributed by atoms with E-state index in [1.165, 1.54) is 0 Å². The van der Waals surface area contributed by atoms with Gasteiger partial charge < -0.3 is 14.5 Å². The highest BCUT2D eigenvalue weighted by atomic mass is 16.5. The Hall–Kier alpha value is -1.37. The highest BCUT2D eigenvalue weighted by Crippen LogP contribution is 2.18. The predicted octanol–water partition coefficient (Wildman–Crippen LogP) is 0.553. The maximum absolute atomic E-state index is 5.74. The van der Waals surface area contributed by atoms with Crippen LogP contribution in [0.15, 0.2) is 21.5 Å². The summed E-state index contributed by atoms with van der Waals surface area (Å²) in [6.07, 6.45) is 0. The highest BCUT2D eigenvalue weighted by Gasteiger charge is 2.23. The van der Waals surface area contributed by atoms with Crippen LogP contribution in [0.2, 0.25) is 0 Å². The zero-order chi connectivity index (χ0) is 14.5. The molecule has 1 atom stereocenters. The first-order chi connectivity index (χ1) is 10.3. The summed E-state index contributed by atoms with van der Waals surface area (Å²) in [5.41, 5.74) is 0. The van der Waals surface area contributed by atoms with Crippen LogP contribution in [0.25, 0.3) is 0 Å². The third-order valence-electron chi connectivity index (χ3n) is 3.90. The summed E-state index contributed by atoms with van der Waals surface area (Å²) >= 11 is 0. The van der Waals surface area contributed by atoms with Crippen LogP contribution in [-0.2, 0) is 4.74 Å². The van der Waals surface area contributed by atoms with Gasteiger partial charge in [0.1, 0.15) is 23.4 Å². The molecule has 2 aliphatic rings. The summed E-state index contributed by atoms with van der Waals surface area (Å²) in [5.74, 6) is 2.86. The van der Waals surface area contributed by atoms with Crippen LogP contribution in [0.4, 0.5) is 0 Å². The van der Waals surface area contributed by atoms with Crippen LogP contribution >= 0.6 is 0 Å². The van der Waals surface area contributed by atoms with E-state index in [9.17, 15) is 0 Å². The second kappa shape index (κ2) is 7.06. The lowest BCUT2D eigenvalue weighted by Gasteiger charge is -2.28. The van der Waals surface area contributed by atoms with E-state index in [2.05, 4.69) is 20.5 Å². The Labute approximate surface area is 125 Å². The number of morpholine rings is 1. The number of rotatable bonds is 4. The largest absolute Gasteiger partial charge is 0.464 e. The minimum atomic E-state index is 0.0529. The van der Waals surface area contributed by atoms with Crippen molar-refractivity contribution in [1.29, 1.82) is 0 Å². The number of nitrogens with one attached hydrogen (secondary N) is 2. The number of ether oxygens (including phenoxy) is 1. The number of hydrogen-bond acceptors (Lipinski definition) is 6. The Morgan fingerprint density at radius 3 is 3.00 bits per heavy atom. The second-order valence-corrected chi connectivity index (χ2v) is 5.48. The molecule has 116 valence electrons. The van der Waals surface area contributed by atoms with Gasteiger partial charge in [0.25, 0.3) is 0 Å². The van der Waals surface area contributed by atoms with Gasteiger partial charge in [-0.2, -0.15) is 0 Å². The van der Waals surface area contributed by atoms with Crippen molar-refractivity contribution < 1.29 is 9.15 Å². The fourth-order valence-electron chi connectivity index (χ4n) is 2.74. The molecule has 0 aromatic carbocycles. The lowest BCUT2D eigenvalue weighted by Crippen LogP contribution is -2.46. The van der Waals surface area contributed by atoms with E-state index in [-0.39, 0.29) is 6.04 Å². The average molecular weight is 292 g/mol. The minimum Gasteiger partial charge on any atom is -0.464 e. The molecular formula is C15H24N4O2. The molecule has 0 radical (unpaired) electrons. The molecule has 6 nitrogen and oxygen atoms in total. The molecule has 2 aliphatic heterocycles. The van der Waals surface area contributed by atoms with Crippen molar-refractivity contribution in [2.45, 2.75) is 13.0 Å². The minimum absolute atomic E-state index is 0.0529. The van der Waals surface area contributed by atoms with Crippen molar-refractivity contribution in [2.75, 3.05) is 52.5 Å². The van der Waals surface area contributed by atoms with E-state index >= 15 is 0 Å². The molecule has 0 aliphatic carbocycles. The van der Waals surface area contributed by atoms with Gasteiger partial charge in [0, 0.05) is 32.7 Å². The van der Waals surface area contributed by atoms with Gasteiger partial charge in [-0.15, -0.1) is 0 Å². The summed E-state index contributed by atoms with van der Waals surface area (Å²) in [5, 5.41) is 6.94. The Morgan fingerprint density at radius 1 is 1.38 bits per heavy atom. The molecule has 0 bridgehead atoms. The van der Waals surface area contributed by atoms with Gasteiger partial charge in [0.05, 0.1) is 19.8 Å². The van der Waals surface area contributed by atoms with Crippen molar-refractivity contribution in [3.05, 3.63) is 23.7 Å². The second-order valence-electron chi connectivity index (χ2n) is 5.48. The number of aryl methyl sites for hydroxylation is 1. The van der Waals surface area contributed by atoms with Gasteiger partial charge in [0.2, 0.25) is 0 Å². The third-order valence-corrected chi connectivity index (χ3v) is 3.90. The predicted molar refractivity (Wildman–Crippen MR) is 81.8 cm³/mol. The molecule has 1 fully saturated rings. The molecule has 0 amide bonds. The van der Waals surface area contributed by atoms with Crippen LogP contribution in [0.3, 0.4) is 0 Å². The van der Waals surface area contributed by atoms with Crippen molar-refractivity contribution in [2.24, 2.45) is 4.99 Å². The number of aliphatic imine (C=N–C) groups is 1. The van der Waals surface area contributed by atoms with E-state index in [4.69, 9.17) is 9.15 Å². The molecule has 3 heterocycles. The molecule has 2 N–H and O–H groups in total. The quantitative estimate of drug-likeness (QED) is 0.849. The maximum Gasteiger partial charge on any atom is 0.128 e. The summed E-state index contributed by atoms with van der Waals surface area (Å²) in [7, 11) is 0. The van der Waals surface area contributed by atoms with Gasteiger partial charge in [0.15, 0.2) is 0 Å². The molecular weight excluding hydrogens is 268 g/mol. The van der Waals surface area contributed by atoms with E-state index in [0.717, 1.165) is 69.8 Å². The van der Waals surface area contributed by atoms with E-state index in [1.807, 2.05) is 19.1 Å². The SMILES string of the molecule is Cc1ccc(C2NCCN=C2NCCN2CCOCC2)o1. The molecule has 1 saturated heterocycles. The molecule has 1 aromatic heterocycles. The average Bonchev–Trinajstić information content (AvgIpc) is 2.95. The molecule has 21 heavy (non-hydrogen) atoms. The number of furan rings is 1. The molecule has 1 aromatic rings. The molecule has 1 unspecified atom stereocenters. The maximum atomic E-state index is 5.74. The summed E-state index contributed by atoms with van der Waals surface area (Å²) < 4.78 is 11.1. The first kappa shape index (κ1) is 14.6. The summed E-state index contributed by atoms with van der Waals surface area (Å²) in [6.45, 7) is 9.32. The fraction of sp³-hybridized carbons (Fsp3) is 0.667. The number of nitrogens with zero attached hydrogens (tertiary/aromatic N) is 2. The van der Waals surface area contributed by atoms with Gasteiger partial charge in [-0.25, -0.2) is 0 Å². The van der Waals surface area contributed by atoms with E-state index in [1.54, 1.807) is 0 Å². The zero-order valence-corrected chi connectivity index (χ0v) is 12.6. The zero-order valence-electron chi connectivity index (χ0n) is 12.6. The fourth-order valence-corrected chi connectivity index (χ4v) is 2.74. The highest BCUT2D eigenvalue weighted by molar-refractivity contribution is 5.88. The topological polar surface area (TPSA) is 62.0 Å². The van der Waals surface area contributed by atoms with Crippen molar-refractivity contribution >= 4 is 5.84 Å². The smallest absolute Gasteiger partial charge is 0.128 e. The molecule has 0 spiro atoms. The lowest BCUT2D eigenvalue weighted by molar-refractivity contribution is 0.0389. The van der Waals surface area contributed by atoms with E-state index < -0.39 is 0 Å². The summed E-state index contributed by atoms with van der Waals surface area (Å²) in [4.78, 5) is 7.04. The Balaban J connectivity index is 1.53. The first-order valence-corrected chi connectivity index (χ1v) is 7.71. The third kappa shape index (κ3) is 3.84. The van der Waals surface area contributed by atoms with Crippen LogP contribution in [0.5, 0.6) is 0 Å². The van der Waals surface area contributed by atoms with Crippen LogP contribution in [-0.4, -0.2) is 63.2 Å². The van der Waals surface area contributed by atoms with Gasteiger partial charge in [-0.05, 0) is 19.1 Å². The Morgan fingerprint density at radius 2 is 2.24 bits per heavy atom. The first-order valence-electron chi connectivity index (χ1n) is 7.71. The number of amidine groups is 1. The van der Waals surface area contributed by atoms with Gasteiger partial charge >= 0.3 is 0 Å². The van der Waals surface area contributed by atoms with Crippen LogP contribution < -0.4 is 10.6 Å². The van der Waals surface area contributed by atoms with E-state index in [0.29, 0.717) is 0 Å². The van der Waals surface area contributed by atoms with Gasteiger partial charge in [-0.1, -0.05) is 0 Å². The van der Waals surface area contributed by atoms with Crippen LogP contribution in [0.1, 0.15) is 17.6 Å². The normalized spacial score (nSPS) is 23.9. The number of hydrogen-bond donors (Lipinski definition) is 2. The standard InChI is InChI=1S/C15H24N4O2/c1-12-2-3-13(21-12)14-15(17-5-4-16-14)18-6-7-19-8-10-20-11-9-19/h2-3,14,16H,4-11H2,1H3,(H,17,18). The van der Waals surface area contributed by atoms with Crippen LogP contribution in [0, 0.1) is 6.92 Å². The van der Waals surface area contributed by atoms with Crippen molar-refractivity contribution in [1.82, 2.24) is 15.5 Å². The lowest BCUT2D eigenvalue weighted by atomic mass is 10.1. The van der Waals surface area contributed by atoms with Gasteiger partial charge in [-0.3, -0.25) is 15.2 Å². The molecule has 3 rings (SSSR count). The Bertz CT molecular complexity index is 480. The summed E-state index contributed by atoms with van der Waals surface area (Å²) in [6, 6.07) is 4.08. The van der Waals surface area contributed by atoms with Crippen molar-refractivity contribution in [3.8, 4) is 0 Å². The molecule has 0 saturated carbocycles. The van der Waals surface area contributed by atoms with Crippen molar-refractivity contribution in [3.63, 3.8) is 0 Å². The monoisotopic (exact) mass is 292 g/mol. The Kier molecular flexibility index (Phi) is 4.90.